The molecule has 2 amide bonds. The second kappa shape index (κ2) is 6.84. The summed E-state index contributed by atoms with van der Waals surface area (Å²) in [6.07, 6.45) is -0.187. The number of nitrogens with one attached hydrogen (secondary N) is 1. The van der Waals surface area contributed by atoms with Crippen molar-refractivity contribution in [1.29, 1.82) is 0 Å². The van der Waals surface area contributed by atoms with Crippen molar-refractivity contribution in [2.45, 2.75) is 18.5 Å². The first kappa shape index (κ1) is 15.7. The molecule has 0 bridgehead atoms. The highest BCUT2D eigenvalue weighted by Gasteiger charge is 2.38. The van der Waals surface area contributed by atoms with Gasteiger partial charge in [-0.05, 0) is 5.56 Å². The van der Waals surface area contributed by atoms with Gasteiger partial charge in [0, 0.05) is 6.42 Å². The Morgan fingerprint density at radius 2 is 2.05 bits per heavy atom. The summed E-state index contributed by atoms with van der Waals surface area (Å²) in [5.41, 5.74) is 0.543. The number of hydrogen-bond acceptors (Lipinski definition) is 5. The van der Waals surface area contributed by atoms with Gasteiger partial charge in [-0.3, -0.25) is 9.59 Å². The van der Waals surface area contributed by atoms with Crippen LogP contribution >= 0.6 is 0 Å². The molecule has 1 aliphatic heterocycles. The normalized spacial score (nSPS) is 18.7. The Morgan fingerprint density at radius 3 is 2.64 bits per heavy atom. The van der Waals surface area contributed by atoms with Crippen LogP contribution in [0, 0.1) is 0 Å². The van der Waals surface area contributed by atoms with Gasteiger partial charge in [0.05, 0.1) is 19.7 Å². The maximum Gasteiger partial charge on any atom is 0.407 e. The van der Waals surface area contributed by atoms with Crippen LogP contribution in [0.2, 0.25) is 0 Å². The summed E-state index contributed by atoms with van der Waals surface area (Å²) in [5, 5.41) is 2.44. The van der Waals surface area contributed by atoms with E-state index in [-0.39, 0.29) is 18.7 Å². The highest BCUT2D eigenvalue weighted by Crippen LogP contribution is 2.21. The van der Waals surface area contributed by atoms with E-state index < -0.39 is 24.1 Å². The molecule has 22 heavy (non-hydrogen) atoms. The van der Waals surface area contributed by atoms with Crippen molar-refractivity contribution < 1.29 is 23.9 Å². The number of aldehydes is 1. The van der Waals surface area contributed by atoms with E-state index >= 15 is 0 Å². The summed E-state index contributed by atoms with van der Waals surface area (Å²) >= 11 is 0. The monoisotopic (exact) mass is 304 g/mol. The van der Waals surface area contributed by atoms with Crippen LogP contribution in [0.5, 0.6) is 0 Å². The number of Topliss-reactive ketones (excluding diaryl/α,β-unsaturated/α-hetero) is 1. The maximum absolute atomic E-state index is 12.7. The Labute approximate surface area is 127 Å². The molecule has 2 rings (SSSR count). The lowest BCUT2D eigenvalue weighted by atomic mass is 10.1. The van der Waals surface area contributed by atoms with Crippen molar-refractivity contribution >= 4 is 24.1 Å². The first-order valence-corrected chi connectivity index (χ1v) is 6.73. The number of rotatable bonds is 4. The number of carbonyl (C=O) groups excluding carboxylic acids is 4. The zero-order valence-corrected chi connectivity index (χ0v) is 12.0. The van der Waals surface area contributed by atoms with E-state index in [1.165, 1.54) is 12.0 Å². The van der Waals surface area contributed by atoms with Crippen LogP contribution in [0.3, 0.4) is 0 Å². The fraction of sp³-hybridized carbons (Fsp3) is 0.333. The number of amides is 2. The minimum atomic E-state index is -1.01. The summed E-state index contributed by atoms with van der Waals surface area (Å²) in [6.45, 7) is -0.131. The van der Waals surface area contributed by atoms with E-state index in [1.54, 1.807) is 30.3 Å². The van der Waals surface area contributed by atoms with Crippen LogP contribution in [-0.2, 0) is 19.1 Å². The third-order valence-electron chi connectivity index (χ3n) is 3.45. The molecule has 1 aromatic rings. The van der Waals surface area contributed by atoms with Gasteiger partial charge in [0.2, 0.25) is 0 Å². The van der Waals surface area contributed by atoms with E-state index in [0.717, 1.165) is 0 Å². The van der Waals surface area contributed by atoms with Crippen LogP contribution in [0.25, 0.3) is 0 Å². The fourth-order valence-corrected chi connectivity index (χ4v) is 2.35. The van der Waals surface area contributed by atoms with E-state index in [9.17, 15) is 19.2 Å². The number of ether oxygens (including phenoxy) is 1. The second-order valence-electron chi connectivity index (χ2n) is 4.89. The van der Waals surface area contributed by atoms with E-state index in [0.29, 0.717) is 11.8 Å². The number of ketones is 1. The molecule has 1 fully saturated rings. The number of alkyl carbamates (subject to hydrolysis) is 1. The molecule has 0 aliphatic carbocycles. The van der Waals surface area contributed by atoms with Gasteiger partial charge in [-0.2, -0.15) is 0 Å². The highest BCUT2D eigenvalue weighted by molar-refractivity contribution is 5.97. The first-order valence-electron chi connectivity index (χ1n) is 6.73. The molecule has 0 saturated carbocycles. The van der Waals surface area contributed by atoms with Gasteiger partial charge in [0.15, 0.2) is 5.78 Å². The summed E-state index contributed by atoms with van der Waals surface area (Å²) in [4.78, 5) is 47.9. The summed E-state index contributed by atoms with van der Waals surface area (Å²) in [6, 6.07) is 6.77. The van der Waals surface area contributed by atoms with Gasteiger partial charge >= 0.3 is 6.09 Å². The molecule has 1 heterocycles. The van der Waals surface area contributed by atoms with Gasteiger partial charge in [-0.1, -0.05) is 30.3 Å². The van der Waals surface area contributed by atoms with Crippen molar-refractivity contribution in [2.24, 2.45) is 0 Å². The van der Waals surface area contributed by atoms with Gasteiger partial charge in [-0.15, -0.1) is 0 Å². The molecule has 7 heteroatoms. The third kappa shape index (κ3) is 3.30. The van der Waals surface area contributed by atoms with Crippen LogP contribution in [0.15, 0.2) is 30.3 Å². The van der Waals surface area contributed by atoms with Gasteiger partial charge < -0.3 is 19.7 Å². The van der Waals surface area contributed by atoms with Crippen molar-refractivity contribution in [3.05, 3.63) is 35.9 Å². The molecule has 0 radical (unpaired) electrons. The number of carbonyl (C=O) groups is 4. The lowest BCUT2D eigenvalue weighted by Crippen LogP contribution is -2.45. The smallest absolute Gasteiger partial charge is 0.407 e. The molecule has 1 aliphatic rings. The molecule has 2 unspecified atom stereocenters. The summed E-state index contributed by atoms with van der Waals surface area (Å²) < 4.78 is 4.53. The number of methoxy groups -OCH3 is 1. The zero-order chi connectivity index (χ0) is 16.1. The number of likely N-dealkylation sites (tertiary alicyclic amines) is 1. The predicted molar refractivity (Wildman–Crippen MR) is 75.9 cm³/mol. The minimum absolute atomic E-state index is 0.00890. The first-order chi connectivity index (χ1) is 10.6. The van der Waals surface area contributed by atoms with Crippen LogP contribution in [0.4, 0.5) is 4.79 Å². The standard InChI is InChI=1S/C15H16N2O5/c1-22-15(21)16-13(10-5-3-2-4-6-10)14(20)17-8-12(19)7-11(17)9-18/h2-6,9,11,13H,7-8H2,1H3,(H,16,21). The van der Waals surface area contributed by atoms with Crippen molar-refractivity contribution in [3.8, 4) is 0 Å². The SMILES string of the molecule is COC(=O)NC(C(=O)N1CC(=O)CC1C=O)c1ccccc1. The molecule has 1 saturated heterocycles. The van der Waals surface area contributed by atoms with Crippen LogP contribution < -0.4 is 5.32 Å². The van der Waals surface area contributed by atoms with E-state index in [4.69, 9.17) is 0 Å². The van der Waals surface area contributed by atoms with Gasteiger partial charge in [0.25, 0.3) is 5.91 Å². The quantitative estimate of drug-likeness (QED) is 0.815. The Bertz CT molecular complexity index is 587. The molecule has 0 spiro atoms. The van der Waals surface area contributed by atoms with Crippen molar-refractivity contribution in [2.75, 3.05) is 13.7 Å². The summed E-state index contributed by atoms with van der Waals surface area (Å²) in [5.74, 6) is -0.699. The average Bonchev–Trinajstić information content (AvgIpc) is 2.93. The molecule has 7 nitrogen and oxygen atoms in total. The molecular weight excluding hydrogens is 288 g/mol. The van der Waals surface area contributed by atoms with Crippen LogP contribution in [0.1, 0.15) is 18.0 Å². The topological polar surface area (TPSA) is 92.8 Å². The molecule has 2 atom stereocenters. The predicted octanol–water partition coefficient (Wildman–Crippen LogP) is 0.453. The van der Waals surface area contributed by atoms with Gasteiger partial charge in [-0.25, -0.2) is 4.79 Å². The number of hydrogen-bond donors (Lipinski definition) is 1. The van der Waals surface area contributed by atoms with Crippen LogP contribution in [-0.4, -0.2) is 48.7 Å². The Kier molecular flexibility index (Phi) is 4.88. The summed E-state index contributed by atoms with van der Waals surface area (Å²) in [7, 11) is 1.19. The van der Waals surface area contributed by atoms with Gasteiger partial charge in [0.1, 0.15) is 12.3 Å². The zero-order valence-electron chi connectivity index (χ0n) is 12.0. The third-order valence-corrected chi connectivity index (χ3v) is 3.45. The number of benzene rings is 1. The highest BCUT2D eigenvalue weighted by atomic mass is 16.5. The van der Waals surface area contributed by atoms with Crippen molar-refractivity contribution in [3.63, 3.8) is 0 Å². The molecule has 0 aromatic heterocycles. The largest absolute Gasteiger partial charge is 0.453 e. The lowest BCUT2D eigenvalue weighted by molar-refractivity contribution is -0.137. The molecular formula is C15H16N2O5. The maximum atomic E-state index is 12.7. The van der Waals surface area contributed by atoms with E-state index in [1.807, 2.05) is 0 Å². The molecule has 1 aromatic carbocycles. The lowest BCUT2D eigenvalue weighted by Gasteiger charge is -2.26. The fourth-order valence-electron chi connectivity index (χ4n) is 2.35. The average molecular weight is 304 g/mol. The minimum Gasteiger partial charge on any atom is -0.453 e. The molecule has 1 N–H and O–H groups in total. The Hall–Kier alpha value is -2.70. The second-order valence-corrected chi connectivity index (χ2v) is 4.89. The van der Waals surface area contributed by atoms with Crippen molar-refractivity contribution in [1.82, 2.24) is 10.2 Å². The molecule has 116 valence electrons. The Morgan fingerprint density at radius 1 is 1.36 bits per heavy atom. The van der Waals surface area contributed by atoms with E-state index in [2.05, 4.69) is 10.1 Å². The number of nitrogens with zero attached hydrogens (tertiary/aromatic N) is 1. The Balaban J connectivity index is 2.28.